The molecule has 9 heteroatoms. The van der Waals surface area contributed by atoms with E-state index in [9.17, 15) is 19.2 Å². The van der Waals surface area contributed by atoms with E-state index in [0.29, 0.717) is 23.4 Å². The minimum Gasteiger partial charge on any atom is -0.452 e. The summed E-state index contributed by atoms with van der Waals surface area (Å²) in [6.45, 7) is -0.589. The second-order valence-electron chi connectivity index (χ2n) is 6.33. The molecule has 1 aromatic carbocycles. The third kappa shape index (κ3) is 3.81. The molecule has 0 bridgehead atoms. The third-order valence-corrected chi connectivity index (χ3v) is 5.17. The Morgan fingerprint density at radius 1 is 1.23 bits per heavy atom. The van der Waals surface area contributed by atoms with Gasteiger partial charge in [0.1, 0.15) is 5.54 Å². The van der Waals surface area contributed by atoms with Gasteiger partial charge in [0, 0.05) is 3.57 Å². The molecule has 1 aliphatic heterocycles. The molecule has 0 aromatic heterocycles. The zero-order valence-corrected chi connectivity index (χ0v) is 16.1. The lowest BCUT2D eigenvalue weighted by atomic mass is 9.82. The van der Waals surface area contributed by atoms with Crippen molar-refractivity contribution >= 4 is 46.4 Å². The first kappa shape index (κ1) is 18.6. The van der Waals surface area contributed by atoms with E-state index in [-0.39, 0.29) is 0 Å². The molecule has 0 unspecified atom stereocenters. The number of hydrogen-bond donors (Lipinski definition) is 2. The zero-order chi connectivity index (χ0) is 18.7. The van der Waals surface area contributed by atoms with Crippen LogP contribution in [0.1, 0.15) is 42.5 Å². The number of halogens is 1. The van der Waals surface area contributed by atoms with E-state index in [1.165, 1.54) is 0 Å². The maximum Gasteiger partial charge on any atom is 0.344 e. The molecule has 26 heavy (non-hydrogen) atoms. The Balaban J connectivity index is 1.55. The lowest BCUT2D eigenvalue weighted by Gasteiger charge is -2.30. The highest BCUT2D eigenvalue weighted by Crippen LogP contribution is 2.32. The molecule has 8 nitrogen and oxygen atoms in total. The first-order valence-electron chi connectivity index (χ1n) is 8.30. The fraction of sp³-hybridized carbons (Fsp3) is 0.412. The van der Waals surface area contributed by atoms with E-state index < -0.39 is 36.0 Å². The van der Waals surface area contributed by atoms with Gasteiger partial charge < -0.3 is 10.1 Å². The van der Waals surface area contributed by atoms with Crippen LogP contribution in [0.2, 0.25) is 0 Å². The number of carbonyl (C=O) groups is 4. The van der Waals surface area contributed by atoms with Gasteiger partial charge >= 0.3 is 12.0 Å². The number of ether oxygens (including phenoxy) is 1. The van der Waals surface area contributed by atoms with Crippen LogP contribution in [0.15, 0.2) is 24.3 Å². The molecular formula is C17H18IN3O5. The second-order valence-corrected chi connectivity index (χ2v) is 7.58. The minimum absolute atomic E-state index is 0.320. The number of nitrogens with zero attached hydrogens (tertiary/aromatic N) is 1. The fourth-order valence-corrected chi connectivity index (χ4v) is 3.75. The van der Waals surface area contributed by atoms with Crippen LogP contribution in [0.4, 0.5) is 4.79 Å². The molecule has 1 saturated carbocycles. The van der Waals surface area contributed by atoms with E-state index in [2.05, 4.69) is 33.3 Å². The molecule has 0 radical (unpaired) electrons. The van der Waals surface area contributed by atoms with Crippen LogP contribution in [-0.2, 0) is 14.3 Å². The Morgan fingerprint density at radius 3 is 2.65 bits per heavy atom. The highest BCUT2D eigenvalue weighted by molar-refractivity contribution is 14.1. The molecule has 138 valence electrons. The van der Waals surface area contributed by atoms with Crippen LogP contribution in [0.5, 0.6) is 0 Å². The Kier molecular flexibility index (Phi) is 5.44. The van der Waals surface area contributed by atoms with Crippen LogP contribution < -0.4 is 10.7 Å². The first-order chi connectivity index (χ1) is 12.4. The summed E-state index contributed by atoms with van der Waals surface area (Å²) in [5, 5.41) is 3.37. The van der Waals surface area contributed by atoms with Gasteiger partial charge in [0.05, 0.1) is 5.56 Å². The number of benzene rings is 1. The summed E-state index contributed by atoms with van der Waals surface area (Å²) < 4.78 is 5.80. The van der Waals surface area contributed by atoms with Gasteiger partial charge in [0.15, 0.2) is 6.61 Å². The summed E-state index contributed by atoms with van der Waals surface area (Å²) in [7, 11) is 0. The molecular weight excluding hydrogens is 453 g/mol. The summed E-state index contributed by atoms with van der Waals surface area (Å²) in [6.07, 6.45) is 3.84. The summed E-state index contributed by atoms with van der Waals surface area (Å²) in [4.78, 5) is 48.6. The summed E-state index contributed by atoms with van der Waals surface area (Å²) >= 11 is 2.06. The molecule has 1 aliphatic carbocycles. The van der Waals surface area contributed by atoms with Crippen molar-refractivity contribution < 1.29 is 23.9 Å². The van der Waals surface area contributed by atoms with E-state index in [0.717, 1.165) is 22.8 Å². The van der Waals surface area contributed by atoms with Gasteiger partial charge in [0.25, 0.3) is 11.8 Å². The van der Waals surface area contributed by atoms with Gasteiger partial charge in [-0.05, 0) is 53.6 Å². The predicted molar refractivity (Wildman–Crippen MR) is 98.8 cm³/mol. The van der Waals surface area contributed by atoms with Crippen LogP contribution >= 0.6 is 22.6 Å². The van der Waals surface area contributed by atoms with Gasteiger partial charge in [-0.1, -0.05) is 25.3 Å². The van der Waals surface area contributed by atoms with Crippen molar-refractivity contribution in [2.75, 3.05) is 6.61 Å². The predicted octanol–water partition coefficient (Wildman–Crippen LogP) is 1.73. The monoisotopic (exact) mass is 471 g/mol. The first-order valence-corrected chi connectivity index (χ1v) is 9.38. The van der Waals surface area contributed by atoms with E-state index in [1.54, 1.807) is 18.2 Å². The molecule has 2 N–H and O–H groups in total. The minimum atomic E-state index is -0.917. The maximum absolute atomic E-state index is 12.5. The van der Waals surface area contributed by atoms with E-state index in [1.807, 2.05) is 6.07 Å². The zero-order valence-electron chi connectivity index (χ0n) is 13.9. The lowest BCUT2D eigenvalue weighted by molar-refractivity contribution is -0.140. The molecule has 3 rings (SSSR count). The van der Waals surface area contributed by atoms with Crippen molar-refractivity contribution in [1.82, 2.24) is 15.8 Å². The van der Waals surface area contributed by atoms with Crippen molar-refractivity contribution in [3.8, 4) is 0 Å². The molecule has 1 aromatic rings. The number of hydrazine groups is 1. The number of rotatable bonds is 4. The summed E-state index contributed by atoms with van der Waals surface area (Å²) in [6, 6.07) is 6.07. The number of urea groups is 1. The SMILES string of the molecule is O=C(COC(=O)c1cccc(I)c1)NN1C(=O)NC2(CCCCC2)C1=O. The summed E-state index contributed by atoms with van der Waals surface area (Å²) in [5.41, 5.74) is 1.63. The van der Waals surface area contributed by atoms with Gasteiger partial charge in [-0.15, -0.1) is 0 Å². The number of imide groups is 1. The molecule has 0 atom stereocenters. The number of carbonyl (C=O) groups excluding carboxylic acids is 4. The number of nitrogens with one attached hydrogen (secondary N) is 2. The highest BCUT2D eigenvalue weighted by atomic mass is 127. The summed E-state index contributed by atoms with van der Waals surface area (Å²) in [5.74, 6) is -1.86. The third-order valence-electron chi connectivity index (χ3n) is 4.50. The maximum atomic E-state index is 12.5. The topological polar surface area (TPSA) is 105 Å². The largest absolute Gasteiger partial charge is 0.452 e. The Bertz CT molecular complexity index is 761. The highest BCUT2D eigenvalue weighted by Gasteiger charge is 2.52. The normalized spacial score (nSPS) is 18.6. The molecule has 1 spiro atoms. The van der Waals surface area contributed by atoms with Gasteiger partial charge in [0.2, 0.25) is 0 Å². The van der Waals surface area contributed by atoms with Crippen molar-refractivity contribution in [2.24, 2.45) is 0 Å². The van der Waals surface area contributed by atoms with Gasteiger partial charge in [-0.25, -0.2) is 9.59 Å². The average Bonchev–Trinajstić information content (AvgIpc) is 2.84. The molecule has 1 heterocycles. The molecule has 1 saturated heterocycles. The Labute approximate surface area is 163 Å². The molecule has 2 fully saturated rings. The van der Waals surface area contributed by atoms with Gasteiger partial charge in [-0.3, -0.25) is 15.0 Å². The van der Waals surface area contributed by atoms with Crippen LogP contribution in [0, 0.1) is 3.57 Å². The second kappa shape index (κ2) is 7.60. The van der Waals surface area contributed by atoms with Crippen molar-refractivity contribution in [2.45, 2.75) is 37.6 Å². The number of hydrogen-bond acceptors (Lipinski definition) is 5. The average molecular weight is 471 g/mol. The smallest absolute Gasteiger partial charge is 0.344 e. The van der Waals surface area contributed by atoms with Crippen molar-refractivity contribution in [3.05, 3.63) is 33.4 Å². The Hall–Kier alpha value is -2.17. The standard InChI is InChI=1S/C17H18IN3O5/c18-12-6-4-5-11(9-12)14(23)26-10-13(22)20-21-15(24)17(19-16(21)25)7-2-1-3-8-17/h4-6,9H,1-3,7-8,10H2,(H,19,25)(H,20,22). The number of esters is 1. The van der Waals surface area contributed by atoms with Crippen molar-refractivity contribution in [3.63, 3.8) is 0 Å². The quantitative estimate of drug-likeness (QED) is 0.396. The lowest BCUT2D eigenvalue weighted by Crippen LogP contribution is -2.51. The fourth-order valence-electron chi connectivity index (χ4n) is 3.20. The van der Waals surface area contributed by atoms with Crippen LogP contribution in [-0.4, -0.2) is 41.0 Å². The van der Waals surface area contributed by atoms with Gasteiger partial charge in [-0.2, -0.15) is 5.01 Å². The van der Waals surface area contributed by atoms with E-state index in [4.69, 9.17) is 4.74 Å². The van der Waals surface area contributed by atoms with Crippen LogP contribution in [0.3, 0.4) is 0 Å². The van der Waals surface area contributed by atoms with E-state index >= 15 is 0 Å². The molecule has 4 amide bonds. The molecule has 2 aliphatic rings. The number of amides is 4. The Morgan fingerprint density at radius 2 is 1.96 bits per heavy atom. The van der Waals surface area contributed by atoms with Crippen LogP contribution in [0.25, 0.3) is 0 Å². The van der Waals surface area contributed by atoms with Crippen molar-refractivity contribution in [1.29, 1.82) is 0 Å².